The number of hydrogen-bond acceptors (Lipinski definition) is 1. The van der Waals surface area contributed by atoms with E-state index in [9.17, 15) is 0 Å². The van der Waals surface area contributed by atoms with E-state index >= 15 is 0 Å². The van der Waals surface area contributed by atoms with Crippen LogP contribution in [0, 0.1) is 23.2 Å². The second kappa shape index (κ2) is 4.00. The van der Waals surface area contributed by atoms with Crippen LogP contribution >= 0.6 is 0 Å². The van der Waals surface area contributed by atoms with Gasteiger partial charge in [-0.25, -0.2) is 0 Å². The summed E-state index contributed by atoms with van der Waals surface area (Å²) in [4.78, 5) is 0. The summed E-state index contributed by atoms with van der Waals surface area (Å²) in [5, 5.41) is 0. The Morgan fingerprint density at radius 3 is 2.23 bits per heavy atom. The van der Waals surface area contributed by atoms with Gasteiger partial charge in [-0.15, -0.1) is 0 Å². The third-order valence-corrected chi connectivity index (χ3v) is 3.75. The lowest BCUT2D eigenvalue weighted by Crippen LogP contribution is -2.36. The molecule has 1 heteroatoms. The Balaban J connectivity index is 2.27. The van der Waals surface area contributed by atoms with Gasteiger partial charge in [0.25, 0.3) is 0 Å². The Morgan fingerprint density at radius 1 is 1.31 bits per heavy atom. The van der Waals surface area contributed by atoms with Crippen LogP contribution in [0.15, 0.2) is 0 Å². The van der Waals surface area contributed by atoms with Crippen molar-refractivity contribution in [3.8, 4) is 0 Å². The van der Waals surface area contributed by atoms with Gasteiger partial charge in [-0.3, -0.25) is 0 Å². The van der Waals surface area contributed by atoms with Crippen molar-refractivity contribution in [1.29, 1.82) is 0 Å². The molecule has 0 amide bonds. The molecule has 0 radical (unpaired) electrons. The Hall–Kier alpha value is -0.0400. The van der Waals surface area contributed by atoms with Crippen LogP contribution in [0.4, 0.5) is 0 Å². The summed E-state index contributed by atoms with van der Waals surface area (Å²) in [6.45, 7) is 10.4. The lowest BCUT2D eigenvalue weighted by molar-refractivity contribution is 0.0194. The van der Waals surface area contributed by atoms with Crippen molar-refractivity contribution >= 4 is 0 Å². The van der Waals surface area contributed by atoms with Crippen molar-refractivity contribution in [2.24, 2.45) is 23.2 Å². The molecule has 1 aliphatic carbocycles. The van der Waals surface area contributed by atoms with Crippen molar-refractivity contribution < 1.29 is 4.74 Å². The predicted molar refractivity (Wildman–Crippen MR) is 56.7 cm³/mol. The van der Waals surface area contributed by atoms with Gasteiger partial charge in [0, 0.05) is 13.7 Å². The molecule has 1 saturated carbocycles. The Morgan fingerprint density at radius 2 is 1.85 bits per heavy atom. The molecular formula is C12H24O. The second-order valence-electron chi connectivity index (χ2n) is 5.71. The fourth-order valence-corrected chi connectivity index (χ4v) is 2.27. The van der Waals surface area contributed by atoms with E-state index in [2.05, 4.69) is 27.7 Å². The molecular weight excluding hydrogens is 160 g/mol. The molecule has 0 aliphatic heterocycles. The van der Waals surface area contributed by atoms with E-state index in [1.807, 2.05) is 0 Å². The third kappa shape index (κ3) is 2.70. The Kier molecular flexibility index (Phi) is 3.39. The SMILES string of the molecule is COCC1CC([C@H](C)C(C)(C)C)C1. The van der Waals surface area contributed by atoms with Crippen LogP contribution in [0.1, 0.15) is 40.5 Å². The molecule has 0 aromatic heterocycles. The van der Waals surface area contributed by atoms with E-state index < -0.39 is 0 Å². The maximum atomic E-state index is 5.16. The molecule has 1 atom stereocenters. The zero-order chi connectivity index (χ0) is 10.1. The molecule has 1 fully saturated rings. The fourth-order valence-electron chi connectivity index (χ4n) is 2.27. The number of ether oxygens (including phenoxy) is 1. The molecule has 0 bridgehead atoms. The average Bonchev–Trinajstić information content (AvgIpc) is 1.92. The molecule has 0 heterocycles. The van der Waals surface area contributed by atoms with Gasteiger partial charge in [-0.1, -0.05) is 27.7 Å². The first-order valence-electron chi connectivity index (χ1n) is 5.44. The molecule has 1 aliphatic rings. The van der Waals surface area contributed by atoms with E-state index in [1.54, 1.807) is 7.11 Å². The molecule has 0 unspecified atom stereocenters. The van der Waals surface area contributed by atoms with E-state index in [0.717, 1.165) is 24.4 Å². The highest BCUT2D eigenvalue weighted by molar-refractivity contribution is 4.87. The Bertz CT molecular complexity index is 151. The van der Waals surface area contributed by atoms with Gasteiger partial charge in [0.05, 0.1) is 0 Å². The van der Waals surface area contributed by atoms with Crippen LogP contribution in [0.25, 0.3) is 0 Å². The van der Waals surface area contributed by atoms with Gasteiger partial charge >= 0.3 is 0 Å². The van der Waals surface area contributed by atoms with Crippen molar-refractivity contribution in [3.05, 3.63) is 0 Å². The first-order chi connectivity index (χ1) is 5.95. The predicted octanol–water partition coefficient (Wildman–Crippen LogP) is 3.34. The summed E-state index contributed by atoms with van der Waals surface area (Å²) >= 11 is 0. The summed E-state index contributed by atoms with van der Waals surface area (Å²) in [7, 11) is 1.81. The van der Waals surface area contributed by atoms with Crippen molar-refractivity contribution in [2.75, 3.05) is 13.7 Å². The lowest BCUT2D eigenvalue weighted by Gasteiger charge is -2.44. The normalized spacial score (nSPS) is 31.2. The zero-order valence-electron chi connectivity index (χ0n) is 9.76. The number of rotatable bonds is 3. The largest absolute Gasteiger partial charge is 0.384 e. The highest BCUT2D eigenvalue weighted by Crippen LogP contribution is 2.45. The van der Waals surface area contributed by atoms with Crippen LogP contribution in [0.2, 0.25) is 0 Å². The average molecular weight is 184 g/mol. The maximum Gasteiger partial charge on any atom is 0.0490 e. The Labute approximate surface area is 82.9 Å². The summed E-state index contributed by atoms with van der Waals surface area (Å²) < 4.78 is 5.16. The third-order valence-electron chi connectivity index (χ3n) is 3.75. The van der Waals surface area contributed by atoms with E-state index in [-0.39, 0.29) is 0 Å². The molecule has 1 rings (SSSR count). The maximum absolute atomic E-state index is 5.16. The molecule has 13 heavy (non-hydrogen) atoms. The van der Waals surface area contributed by atoms with Crippen LogP contribution in [0.5, 0.6) is 0 Å². The molecule has 0 N–H and O–H groups in total. The summed E-state index contributed by atoms with van der Waals surface area (Å²) in [5.74, 6) is 2.64. The molecule has 0 spiro atoms. The van der Waals surface area contributed by atoms with Gasteiger partial charge in [0.15, 0.2) is 0 Å². The van der Waals surface area contributed by atoms with E-state index in [0.29, 0.717) is 5.41 Å². The molecule has 78 valence electrons. The topological polar surface area (TPSA) is 9.23 Å². The van der Waals surface area contributed by atoms with E-state index in [4.69, 9.17) is 4.74 Å². The molecule has 1 nitrogen and oxygen atoms in total. The van der Waals surface area contributed by atoms with Gasteiger partial charge < -0.3 is 4.74 Å². The first-order valence-corrected chi connectivity index (χ1v) is 5.44. The quantitative estimate of drug-likeness (QED) is 0.653. The standard InChI is InChI=1S/C12H24O/c1-9(12(2,3)4)11-6-10(7-11)8-13-5/h9-11H,6-8H2,1-5H3/t9-,10?,11?/m0/s1. The van der Waals surface area contributed by atoms with Crippen molar-refractivity contribution in [1.82, 2.24) is 0 Å². The molecule has 0 aromatic rings. The first kappa shape index (κ1) is 11.0. The van der Waals surface area contributed by atoms with Crippen LogP contribution in [-0.4, -0.2) is 13.7 Å². The van der Waals surface area contributed by atoms with Crippen molar-refractivity contribution in [2.45, 2.75) is 40.5 Å². The van der Waals surface area contributed by atoms with Gasteiger partial charge in [-0.2, -0.15) is 0 Å². The van der Waals surface area contributed by atoms with Crippen LogP contribution in [-0.2, 0) is 4.74 Å². The zero-order valence-corrected chi connectivity index (χ0v) is 9.76. The smallest absolute Gasteiger partial charge is 0.0490 e. The summed E-state index contributed by atoms with van der Waals surface area (Å²) in [5.41, 5.74) is 0.475. The highest BCUT2D eigenvalue weighted by atomic mass is 16.5. The number of hydrogen-bond donors (Lipinski definition) is 0. The molecule has 0 aromatic carbocycles. The minimum absolute atomic E-state index is 0.475. The van der Waals surface area contributed by atoms with Crippen molar-refractivity contribution in [3.63, 3.8) is 0 Å². The minimum Gasteiger partial charge on any atom is -0.384 e. The summed E-state index contributed by atoms with van der Waals surface area (Å²) in [6.07, 6.45) is 2.76. The second-order valence-corrected chi connectivity index (χ2v) is 5.71. The summed E-state index contributed by atoms with van der Waals surface area (Å²) in [6, 6.07) is 0. The fraction of sp³-hybridized carbons (Fsp3) is 1.00. The minimum atomic E-state index is 0.475. The molecule has 0 saturated heterocycles. The van der Waals surface area contributed by atoms with Gasteiger partial charge in [0.2, 0.25) is 0 Å². The monoisotopic (exact) mass is 184 g/mol. The lowest BCUT2D eigenvalue weighted by atomic mass is 9.62. The van der Waals surface area contributed by atoms with Gasteiger partial charge in [-0.05, 0) is 36.0 Å². The highest BCUT2D eigenvalue weighted by Gasteiger charge is 2.37. The van der Waals surface area contributed by atoms with Crippen LogP contribution < -0.4 is 0 Å². The van der Waals surface area contributed by atoms with Crippen LogP contribution in [0.3, 0.4) is 0 Å². The van der Waals surface area contributed by atoms with Gasteiger partial charge in [0.1, 0.15) is 0 Å². The number of methoxy groups -OCH3 is 1. The van der Waals surface area contributed by atoms with E-state index in [1.165, 1.54) is 12.8 Å².